The number of ketones is 1. The van der Waals surface area contributed by atoms with Crippen LogP contribution in [0, 0.1) is 0 Å². The lowest BCUT2D eigenvalue weighted by molar-refractivity contribution is -0.120. The fourth-order valence-corrected chi connectivity index (χ4v) is 2.76. The van der Waals surface area contributed by atoms with Gasteiger partial charge in [0.2, 0.25) is 0 Å². The van der Waals surface area contributed by atoms with Crippen molar-refractivity contribution in [1.82, 2.24) is 0 Å². The summed E-state index contributed by atoms with van der Waals surface area (Å²) in [6, 6.07) is 10.3. The van der Waals surface area contributed by atoms with Crippen LogP contribution in [0.5, 0.6) is 11.5 Å². The highest BCUT2D eigenvalue weighted by Gasteiger charge is 2.23. The van der Waals surface area contributed by atoms with Gasteiger partial charge in [-0.15, -0.1) is 0 Å². The third kappa shape index (κ3) is 3.08. The lowest BCUT2D eigenvalue weighted by Gasteiger charge is -2.26. The Hall–Kier alpha value is -2.53. The minimum Gasteiger partial charge on any atom is -0.497 e. The number of carbonyl (C=O) groups is 2. The van der Waals surface area contributed by atoms with E-state index in [-0.39, 0.29) is 24.7 Å². The molecule has 0 aliphatic carbocycles. The van der Waals surface area contributed by atoms with E-state index in [1.807, 2.05) is 0 Å². The van der Waals surface area contributed by atoms with Crippen molar-refractivity contribution in [2.45, 2.75) is 6.42 Å². The molecule has 0 saturated heterocycles. The van der Waals surface area contributed by atoms with Crippen molar-refractivity contribution < 1.29 is 19.1 Å². The number of ether oxygens (including phenoxy) is 2. The zero-order chi connectivity index (χ0) is 17.3. The summed E-state index contributed by atoms with van der Waals surface area (Å²) < 4.78 is 10.5. The summed E-state index contributed by atoms with van der Waals surface area (Å²) in [7, 11) is 3.22. The summed E-state index contributed by atoms with van der Waals surface area (Å²) in [5.74, 6) is 1.000. The summed E-state index contributed by atoms with van der Waals surface area (Å²) in [4.78, 5) is 25.8. The summed E-state index contributed by atoms with van der Waals surface area (Å²) >= 11 is 6.19. The number of hydrogen-bond donors (Lipinski definition) is 0. The van der Waals surface area contributed by atoms with Crippen molar-refractivity contribution >= 4 is 29.0 Å². The van der Waals surface area contributed by atoms with Gasteiger partial charge in [-0.25, -0.2) is 0 Å². The van der Waals surface area contributed by atoms with Gasteiger partial charge >= 0.3 is 0 Å². The van der Waals surface area contributed by atoms with Crippen LogP contribution in [0.3, 0.4) is 0 Å². The van der Waals surface area contributed by atoms with Crippen LogP contribution in [-0.4, -0.2) is 32.5 Å². The minimum atomic E-state index is -0.148. The summed E-state index contributed by atoms with van der Waals surface area (Å²) in [6.07, 6.45) is 0.167. The number of rotatable bonds is 4. The average molecular weight is 346 g/mol. The van der Waals surface area contributed by atoms with Crippen LogP contribution in [0.15, 0.2) is 36.4 Å². The maximum Gasteiger partial charge on any atom is 0.264 e. The molecule has 1 amide bonds. The number of amides is 1. The molecule has 1 aliphatic heterocycles. The van der Waals surface area contributed by atoms with Crippen molar-refractivity contribution in [1.29, 1.82) is 0 Å². The topological polar surface area (TPSA) is 55.8 Å². The molecule has 0 fully saturated rings. The van der Waals surface area contributed by atoms with Crippen LogP contribution in [0.1, 0.15) is 15.9 Å². The van der Waals surface area contributed by atoms with E-state index >= 15 is 0 Å². The maximum atomic E-state index is 12.6. The number of methoxy groups -OCH3 is 1. The molecule has 1 heterocycles. The SMILES string of the molecule is COc1ccc(CC(=O)c2ccc3c(c2)N(C)C(=O)CO3)c(Cl)c1. The van der Waals surface area contributed by atoms with E-state index in [1.165, 1.54) is 4.90 Å². The fourth-order valence-electron chi connectivity index (χ4n) is 2.52. The highest BCUT2D eigenvalue weighted by molar-refractivity contribution is 6.31. The molecular formula is C18H16ClNO4. The Bertz CT molecular complexity index is 819. The molecule has 0 aromatic heterocycles. The second kappa shape index (κ2) is 6.53. The molecule has 0 bridgehead atoms. The number of anilines is 1. The molecule has 2 aromatic rings. The number of hydrogen-bond acceptors (Lipinski definition) is 4. The number of likely N-dealkylation sites (N-methyl/N-ethyl adjacent to an activating group) is 1. The Morgan fingerprint density at radius 3 is 2.79 bits per heavy atom. The summed E-state index contributed by atoms with van der Waals surface area (Å²) in [6.45, 7) is 0.0122. The first-order valence-electron chi connectivity index (χ1n) is 7.38. The van der Waals surface area contributed by atoms with Crippen molar-refractivity contribution in [2.75, 3.05) is 25.7 Å². The first kappa shape index (κ1) is 16.3. The molecular weight excluding hydrogens is 330 g/mol. The summed E-state index contributed by atoms with van der Waals surface area (Å²) in [5.41, 5.74) is 1.82. The first-order valence-corrected chi connectivity index (χ1v) is 7.76. The van der Waals surface area contributed by atoms with Crippen LogP contribution in [-0.2, 0) is 11.2 Å². The Morgan fingerprint density at radius 2 is 2.08 bits per heavy atom. The predicted octanol–water partition coefficient (Wildman–Crippen LogP) is 3.13. The summed E-state index contributed by atoms with van der Waals surface area (Å²) in [5, 5.41) is 0.483. The molecule has 3 rings (SSSR count). The molecule has 0 unspecified atom stereocenters. The maximum absolute atomic E-state index is 12.6. The molecule has 0 N–H and O–H groups in total. The van der Waals surface area contributed by atoms with Gasteiger partial charge in [0.15, 0.2) is 12.4 Å². The monoisotopic (exact) mass is 345 g/mol. The zero-order valence-corrected chi connectivity index (χ0v) is 14.1. The highest BCUT2D eigenvalue weighted by atomic mass is 35.5. The van der Waals surface area contributed by atoms with Crippen molar-refractivity contribution in [3.8, 4) is 11.5 Å². The predicted molar refractivity (Wildman–Crippen MR) is 91.4 cm³/mol. The number of benzene rings is 2. The van der Waals surface area contributed by atoms with Crippen molar-refractivity contribution in [2.24, 2.45) is 0 Å². The van der Waals surface area contributed by atoms with E-state index in [0.29, 0.717) is 27.8 Å². The van der Waals surface area contributed by atoms with Gasteiger partial charge < -0.3 is 14.4 Å². The molecule has 0 radical (unpaired) electrons. The number of Topliss-reactive ketones (excluding diaryl/α,β-unsaturated/α-hetero) is 1. The molecule has 5 nitrogen and oxygen atoms in total. The van der Waals surface area contributed by atoms with E-state index in [9.17, 15) is 9.59 Å². The molecule has 124 valence electrons. The molecule has 0 saturated carbocycles. The number of nitrogens with zero attached hydrogens (tertiary/aromatic N) is 1. The highest BCUT2D eigenvalue weighted by Crippen LogP contribution is 2.32. The fraction of sp³-hybridized carbons (Fsp3) is 0.222. The molecule has 0 atom stereocenters. The molecule has 1 aliphatic rings. The zero-order valence-electron chi connectivity index (χ0n) is 13.3. The molecule has 2 aromatic carbocycles. The van der Waals surface area contributed by atoms with Gasteiger partial charge in [0, 0.05) is 24.1 Å². The van der Waals surface area contributed by atoms with Crippen LogP contribution in [0.25, 0.3) is 0 Å². The van der Waals surface area contributed by atoms with E-state index in [0.717, 1.165) is 5.56 Å². The largest absolute Gasteiger partial charge is 0.497 e. The number of fused-ring (bicyclic) bond motifs is 1. The van der Waals surface area contributed by atoms with Gasteiger partial charge in [0.25, 0.3) is 5.91 Å². The van der Waals surface area contributed by atoms with Gasteiger partial charge in [-0.2, -0.15) is 0 Å². The van der Waals surface area contributed by atoms with Crippen LogP contribution < -0.4 is 14.4 Å². The van der Waals surface area contributed by atoms with Crippen LogP contribution >= 0.6 is 11.6 Å². The number of carbonyl (C=O) groups excluding carboxylic acids is 2. The van der Waals surface area contributed by atoms with Gasteiger partial charge in [-0.1, -0.05) is 17.7 Å². The van der Waals surface area contributed by atoms with E-state index in [4.69, 9.17) is 21.1 Å². The number of halogens is 1. The third-order valence-electron chi connectivity index (χ3n) is 3.98. The Balaban J connectivity index is 1.85. The molecule has 0 spiro atoms. The Labute approximate surface area is 144 Å². The quantitative estimate of drug-likeness (QED) is 0.799. The van der Waals surface area contributed by atoms with E-state index < -0.39 is 0 Å². The normalized spacial score (nSPS) is 13.3. The van der Waals surface area contributed by atoms with Gasteiger partial charge in [-0.05, 0) is 35.9 Å². The average Bonchev–Trinajstić information content (AvgIpc) is 2.59. The van der Waals surface area contributed by atoms with Gasteiger partial charge in [0.05, 0.1) is 12.8 Å². The van der Waals surface area contributed by atoms with Gasteiger partial charge in [0.1, 0.15) is 11.5 Å². The van der Waals surface area contributed by atoms with Crippen LogP contribution in [0.2, 0.25) is 5.02 Å². The minimum absolute atomic E-state index is 0.0122. The van der Waals surface area contributed by atoms with Crippen molar-refractivity contribution in [3.05, 3.63) is 52.5 Å². The third-order valence-corrected chi connectivity index (χ3v) is 4.33. The lowest BCUT2D eigenvalue weighted by atomic mass is 10.0. The van der Waals surface area contributed by atoms with Crippen molar-refractivity contribution in [3.63, 3.8) is 0 Å². The van der Waals surface area contributed by atoms with Gasteiger partial charge in [-0.3, -0.25) is 9.59 Å². The molecule has 6 heteroatoms. The smallest absolute Gasteiger partial charge is 0.264 e. The van der Waals surface area contributed by atoms with E-state index in [2.05, 4.69) is 0 Å². The standard InChI is InChI=1S/C18H16ClNO4/c1-20-15-7-12(4-6-17(15)24-10-18(20)22)16(21)8-11-3-5-13(23-2)9-14(11)19/h3-7,9H,8,10H2,1-2H3. The Morgan fingerprint density at radius 1 is 1.29 bits per heavy atom. The first-order chi connectivity index (χ1) is 11.5. The van der Waals surface area contributed by atoms with E-state index in [1.54, 1.807) is 50.6 Å². The second-order valence-corrected chi connectivity index (χ2v) is 5.89. The molecule has 24 heavy (non-hydrogen) atoms. The Kier molecular flexibility index (Phi) is 4.44. The van der Waals surface area contributed by atoms with Crippen LogP contribution in [0.4, 0.5) is 5.69 Å². The lowest BCUT2D eigenvalue weighted by Crippen LogP contribution is -2.35. The second-order valence-electron chi connectivity index (χ2n) is 5.48.